The van der Waals surface area contributed by atoms with Gasteiger partial charge >= 0.3 is 0 Å². The Morgan fingerprint density at radius 3 is 2.90 bits per heavy atom. The lowest BCUT2D eigenvalue weighted by molar-refractivity contribution is -0.112. The van der Waals surface area contributed by atoms with Crippen molar-refractivity contribution in [3.8, 4) is 0 Å². The van der Waals surface area contributed by atoms with E-state index in [1.54, 1.807) is 0 Å². The summed E-state index contributed by atoms with van der Waals surface area (Å²) in [6.45, 7) is 4.28. The largest absolute Gasteiger partial charge is 0.303 e. The van der Waals surface area contributed by atoms with Crippen LogP contribution in [0.2, 0.25) is 0 Å². The minimum Gasteiger partial charge on any atom is -0.303 e. The van der Waals surface area contributed by atoms with Gasteiger partial charge in [0.15, 0.2) is 0 Å². The first-order chi connectivity index (χ1) is 4.74. The zero-order chi connectivity index (χ0) is 7.56. The van der Waals surface area contributed by atoms with Gasteiger partial charge in [-0.3, -0.25) is 0 Å². The van der Waals surface area contributed by atoms with Crippen molar-refractivity contribution in [2.75, 3.05) is 0 Å². The number of aldehydes is 1. The third kappa shape index (κ3) is 1.47. The molecule has 0 aromatic heterocycles. The molecule has 0 aliphatic heterocycles. The molecule has 0 fully saturated rings. The zero-order valence-electron chi connectivity index (χ0n) is 6.63. The van der Waals surface area contributed by atoms with Gasteiger partial charge in [0.05, 0.1) is 0 Å². The Kier molecular flexibility index (Phi) is 2.25. The molecule has 1 aliphatic rings. The Hall–Kier alpha value is -0.590. The van der Waals surface area contributed by atoms with Crippen LogP contribution in [0.5, 0.6) is 0 Å². The summed E-state index contributed by atoms with van der Waals surface area (Å²) in [7, 11) is 0. The molecule has 56 valence electrons. The summed E-state index contributed by atoms with van der Waals surface area (Å²) in [6, 6.07) is 0. The maximum absolute atomic E-state index is 10.4. The molecule has 0 saturated heterocycles. The van der Waals surface area contributed by atoms with Crippen LogP contribution in [0.1, 0.15) is 26.7 Å². The van der Waals surface area contributed by atoms with Crippen LogP contribution in [-0.4, -0.2) is 6.29 Å². The standard InChI is InChI=1S/C9H14O/c1-7-3-4-9(6-10)8(2)5-7/h3,6,8-9H,4-5H2,1-2H3/t8-,9-/m0/s1. The molecular formula is C9H14O. The molecule has 0 heterocycles. The van der Waals surface area contributed by atoms with Crippen molar-refractivity contribution >= 4 is 6.29 Å². The summed E-state index contributed by atoms with van der Waals surface area (Å²) in [5.74, 6) is 0.839. The molecule has 0 aromatic carbocycles. The smallest absolute Gasteiger partial charge is 0.123 e. The fraction of sp³-hybridized carbons (Fsp3) is 0.667. The predicted molar refractivity (Wildman–Crippen MR) is 41.7 cm³/mol. The lowest BCUT2D eigenvalue weighted by Crippen LogP contribution is -2.16. The highest BCUT2D eigenvalue weighted by Crippen LogP contribution is 2.27. The van der Waals surface area contributed by atoms with E-state index in [4.69, 9.17) is 0 Å². The highest BCUT2D eigenvalue weighted by Gasteiger charge is 2.19. The van der Waals surface area contributed by atoms with Gasteiger partial charge in [-0.15, -0.1) is 0 Å². The number of carbonyl (C=O) groups is 1. The van der Waals surface area contributed by atoms with E-state index in [0.717, 1.165) is 19.1 Å². The van der Waals surface area contributed by atoms with Crippen LogP contribution in [-0.2, 0) is 4.79 Å². The first kappa shape index (κ1) is 7.52. The van der Waals surface area contributed by atoms with E-state index in [1.165, 1.54) is 5.57 Å². The van der Waals surface area contributed by atoms with E-state index in [2.05, 4.69) is 19.9 Å². The lowest BCUT2D eigenvalue weighted by Gasteiger charge is -2.22. The second kappa shape index (κ2) is 3.00. The van der Waals surface area contributed by atoms with Gasteiger partial charge in [0.25, 0.3) is 0 Å². The molecule has 0 saturated carbocycles. The summed E-state index contributed by atoms with van der Waals surface area (Å²) < 4.78 is 0. The topological polar surface area (TPSA) is 17.1 Å². The molecular weight excluding hydrogens is 124 g/mol. The number of carbonyl (C=O) groups excluding carboxylic acids is 1. The molecule has 1 aliphatic carbocycles. The van der Waals surface area contributed by atoms with Crippen LogP contribution in [0.25, 0.3) is 0 Å². The van der Waals surface area contributed by atoms with Gasteiger partial charge in [0.1, 0.15) is 6.29 Å². The van der Waals surface area contributed by atoms with E-state index in [1.807, 2.05) is 0 Å². The fourth-order valence-electron chi connectivity index (χ4n) is 1.50. The molecule has 1 nitrogen and oxygen atoms in total. The normalized spacial score (nSPS) is 33.2. The molecule has 1 heteroatoms. The Morgan fingerprint density at radius 2 is 2.40 bits per heavy atom. The van der Waals surface area contributed by atoms with Gasteiger partial charge in [0.2, 0.25) is 0 Å². The van der Waals surface area contributed by atoms with Crippen molar-refractivity contribution in [3.05, 3.63) is 11.6 Å². The van der Waals surface area contributed by atoms with Gasteiger partial charge in [-0.25, -0.2) is 0 Å². The van der Waals surface area contributed by atoms with Crippen LogP contribution in [0.15, 0.2) is 11.6 Å². The fourth-order valence-corrected chi connectivity index (χ4v) is 1.50. The molecule has 0 radical (unpaired) electrons. The third-order valence-corrected chi connectivity index (χ3v) is 2.29. The van der Waals surface area contributed by atoms with Gasteiger partial charge in [-0.2, -0.15) is 0 Å². The Balaban J connectivity index is 2.60. The summed E-state index contributed by atoms with van der Waals surface area (Å²) >= 11 is 0. The van der Waals surface area contributed by atoms with Crippen LogP contribution < -0.4 is 0 Å². The predicted octanol–water partition coefficient (Wildman–Crippen LogP) is 2.18. The van der Waals surface area contributed by atoms with Crippen LogP contribution >= 0.6 is 0 Å². The monoisotopic (exact) mass is 138 g/mol. The van der Waals surface area contributed by atoms with Crippen molar-refractivity contribution in [2.24, 2.45) is 11.8 Å². The van der Waals surface area contributed by atoms with Gasteiger partial charge < -0.3 is 4.79 Å². The Bertz CT molecular complexity index is 158. The van der Waals surface area contributed by atoms with E-state index in [-0.39, 0.29) is 5.92 Å². The molecule has 0 spiro atoms. The Labute approximate surface area is 62.1 Å². The van der Waals surface area contributed by atoms with E-state index in [9.17, 15) is 4.79 Å². The van der Waals surface area contributed by atoms with Crippen molar-refractivity contribution in [1.82, 2.24) is 0 Å². The second-order valence-corrected chi connectivity index (χ2v) is 3.27. The molecule has 0 amide bonds. The highest BCUT2D eigenvalue weighted by atomic mass is 16.1. The SMILES string of the molecule is CC1=CC[C@@H](C=O)[C@@H](C)C1. The summed E-state index contributed by atoms with van der Waals surface area (Å²) in [5, 5.41) is 0. The average Bonchev–Trinajstić information content (AvgIpc) is 1.88. The van der Waals surface area contributed by atoms with E-state index < -0.39 is 0 Å². The second-order valence-electron chi connectivity index (χ2n) is 3.27. The molecule has 0 unspecified atom stereocenters. The first-order valence-corrected chi connectivity index (χ1v) is 3.85. The van der Waals surface area contributed by atoms with Crippen molar-refractivity contribution in [2.45, 2.75) is 26.7 Å². The minimum atomic E-state index is 0.281. The summed E-state index contributed by atoms with van der Waals surface area (Å²) in [4.78, 5) is 10.4. The van der Waals surface area contributed by atoms with Crippen LogP contribution in [0.3, 0.4) is 0 Å². The molecule has 0 bridgehead atoms. The molecule has 0 N–H and O–H groups in total. The average molecular weight is 138 g/mol. The van der Waals surface area contributed by atoms with Crippen molar-refractivity contribution in [3.63, 3.8) is 0 Å². The van der Waals surface area contributed by atoms with E-state index >= 15 is 0 Å². The quantitative estimate of drug-likeness (QED) is 0.401. The molecule has 10 heavy (non-hydrogen) atoms. The van der Waals surface area contributed by atoms with E-state index in [0.29, 0.717) is 5.92 Å². The van der Waals surface area contributed by atoms with Crippen molar-refractivity contribution in [1.29, 1.82) is 0 Å². The minimum absolute atomic E-state index is 0.281. The lowest BCUT2D eigenvalue weighted by atomic mass is 9.82. The maximum atomic E-state index is 10.4. The summed E-state index contributed by atoms with van der Waals surface area (Å²) in [6.07, 6.45) is 5.33. The maximum Gasteiger partial charge on any atom is 0.123 e. The van der Waals surface area contributed by atoms with Gasteiger partial charge in [-0.1, -0.05) is 18.6 Å². The zero-order valence-corrected chi connectivity index (χ0v) is 6.63. The van der Waals surface area contributed by atoms with Crippen LogP contribution in [0, 0.1) is 11.8 Å². The molecule has 0 aromatic rings. The van der Waals surface area contributed by atoms with Gasteiger partial charge in [-0.05, 0) is 25.7 Å². The third-order valence-electron chi connectivity index (χ3n) is 2.29. The highest BCUT2D eigenvalue weighted by molar-refractivity contribution is 5.55. The number of allylic oxidation sites excluding steroid dienone is 2. The molecule has 1 rings (SSSR count). The Morgan fingerprint density at radius 1 is 1.70 bits per heavy atom. The summed E-state index contributed by atoms with van der Waals surface area (Å²) in [5.41, 5.74) is 1.44. The molecule has 2 atom stereocenters. The number of rotatable bonds is 1. The van der Waals surface area contributed by atoms with Crippen LogP contribution in [0.4, 0.5) is 0 Å². The number of hydrogen-bond acceptors (Lipinski definition) is 1. The van der Waals surface area contributed by atoms with Crippen molar-refractivity contribution < 1.29 is 4.79 Å². The number of hydrogen-bond donors (Lipinski definition) is 0. The first-order valence-electron chi connectivity index (χ1n) is 3.85. The van der Waals surface area contributed by atoms with Gasteiger partial charge in [0, 0.05) is 5.92 Å².